The number of nitrogens with one attached hydrogen (secondary N) is 2. The molecule has 2 aromatic heterocycles. The Kier molecular flexibility index (Phi) is 4.20. The maximum absolute atomic E-state index is 13.9. The van der Waals surface area contributed by atoms with Gasteiger partial charge in [0.15, 0.2) is 0 Å². The van der Waals surface area contributed by atoms with Crippen LogP contribution in [-0.2, 0) is 0 Å². The summed E-state index contributed by atoms with van der Waals surface area (Å²) >= 11 is 0. The van der Waals surface area contributed by atoms with Crippen molar-refractivity contribution in [3.05, 3.63) is 90.7 Å². The van der Waals surface area contributed by atoms with Gasteiger partial charge in [0.05, 0.1) is 11.2 Å². The number of fused-ring (bicyclic) bond motifs is 2. The van der Waals surface area contributed by atoms with Crippen molar-refractivity contribution in [1.82, 2.24) is 15.2 Å². The lowest BCUT2D eigenvalue weighted by molar-refractivity contribution is 0.469. The van der Waals surface area contributed by atoms with E-state index in [1.165, 1.54) is 6.07 Å². The van der Waals surface area contributed by atoms with Gasteiger partial charge in [-0.25, -0.2) is 4.39 Å². The Morgan fingerprint density at radius 3 is 2.45 bits per heavy atom. The number of rotatable bonds is 3. The summed E-state index contributed by atoms with van der Waals surface area (Å²) in [5, 5.41) is 19.4. The van der Waals surface area contributed by atoms with Gasteiger partial charge < -0.3 is 15.8 Å². The molecule has 0 bridgehead atoms. The fourth-order valence-electron chi connectivity index (χ4n) is 4.38. The number of nitrogen functional groups attached to an aromatic ring is 1. The third-order valence-electron chi connectivity index (χ3n) is 5.90. The molecule has 0 aliphatic heterocycles. The molecule has 0 saturated carbocycles. The van der Waals surface area contributed by atoms with Gasteiger partial charge in [-0.15, -0.1) is 0 Å². The molecular weight excluding hydrogens is 415 g/mol. The van der Waals surface area contributed by atoms with E-state index in [4.69, 9.17) is 5.73 Å². The molecule has 0 aliphatic rings. The summed E-state index contributed by atoms with van der Waals surface area (Å²) in [5.41, 5.74) is 13.7. The maximum Gasteiger partial charge on any atom is 0.127 e. The van der Waals surface area contributed by atoms with Crippen LogP contribution in [0.1, 0.15) is 0 Å². The Balaban J connectivity index is 1.51. The number of H-pyrrole nitrogens is 2. The van der Waals surface area contributed by atoms with E-state index < -0.39 is 5.82 Å². The van der Waals surface area contributed by atoms with Gasteiger partial charge in [-0.3, -0.25) is 5.10 Å². The van der Waals surface area contributed by atoms with Gasteiger partial charge >= 0.3 is 0 Å². The zero-order valence-corrected chi connectivity index (χ0v) is 17.4. The molecule has 6 aromatic rings. The second-order valence-corrected chi connectivity index (χ2v) is 8.11. The van der Waals surface area contributed by atoms with E-state index in [1.807, 2.05) is 60.7 Å². The molecule has 0 atom stereocenters. The lowest BCUT2D eigenvalue weighted by Crippen LogP contribution is -1.85. The second kappa shape index (κ2) is 7.24. The van der Waals surface area contributed by atoms with Gasteiger partial charge in [-0.05, 0) is 70.8 Å². The Morgan fingerprint density at radius 1 is 0.758 bits per heavy atom. The molecule has 6 rings (SSSR count). The van der Waals surface area contributed by atoms with Crippen LogP contribution < -0.4 is 5.73 Å². The van der Waals surface area contributed by atoms with Gasteiger partial charge in [0, 0.05) is 28.0 Å². The van der Waals surface area contributed by atoms with Crippen molar-refractivity contribution in [2.75, 3.05) is 5.73 Å². The lowest BCUT2D eigenvalue weighted by Gasteiger charge is -2.05. The quantitative estimate of drug-likeness (QED) is 0.241. The van der Waals surface area contributed by atoms with Crippen LogP contribution in [0.15, 0.2) is 84.9 Å². The highest BCUT2D eigenvalue weighted by Gasteiger charge is 2.15. The fourth-order valence-corrected chi connectivity index (χ4v) is 4.38. The van der Waals surface area contributed by atoms with Crippen LogP contribution >= 0.6 is 0 Å². The summed E-state index contributed by atoms with van der Waals surface area (Å²) in [6, 6.07) is 25.8. The molecule has 6 heteroatoms. The van der Waals surface area contributed by atoms with E-state index in [1.54, 1.807) is 6.07 Å². The van der Waals surface area contributed by atoms with Gasteiger partial charge in [0.2, 0.25) is 0 Å². The SMILES string of the molecule is Nc1cccc(-c2ccc3[nH]nc(-c4cc5c(-c6cc(O)cc(F)c6)cccc5[nH]4)c3c2)c1. The number of halogens is 1. The summed E-state index contributed by atoms with van der Waals surface area (Å²) in [4.78, 5) is 3.44. The van der Waals surface area contributed by atoms with Crippen molar-refractivity contribution in [2.24, 2.45) is 0 Å². The normalized spacial score (nSPS) is 11.4. The third kappa shape index (κ3) is 3.29. The van der Waals surface area contributed by atoms with Crippen LogP contribution in [0.25, 0.3) is 55.4 Å². The minimum Gasteiger partial charge on any atom is -0.508 e. The fraction of sp³-hybridized carbons (Fsp3) is 0. The molecule has 5 N–H and O–H groups in total. The molecule has 0 aliphatic carbocycles. The number of hydrogen-bond acceptors (Lipinski definition) is 3. The van der Waals surface area contributed by atoms with Crippen LogP contribution in [-0.4, -0.2) is 20.3 Å². The summed E-state index contributed by atoms with van der Waals surface area (Å²) in [7, 11) is 0. The number of nitrogens with zero attached hydrogens (tertiary/aromatic N) is 1. The molecule has 2 heterocycles. The van der Waals surface area contributed by atoms with Crippen LogP contribution in [0, 0.1) is 5.82 Å². The summed E-state index contributed by atoms with van der Waals surface area (Å²) in [5.74, 6) is -0.588. The highest BCUT2D eigenvalue weighted by Crippen LogP contribution is 2.36. The first-order valence-corrected chi connectivity index (χ1v) is 10.5. The second-order valence-electron chi connectivity index (χ2n) is 8.11. The first kappa shape index (κ1) is 19.1. The number of aromatic nitrogens is 3. The van der Waals surface area contributed by atoms with Gasteiger partial charge in [0.1, 0.15) is 17.3 Å². The molecule has 0 radical (unpaired) electrons. The van der Waals surface area contributed by atoms with E-state index in [9.17, 15) is 9.50 Å². The molecule has 33 heavy (non-hydrogen) atoms. The number of phenolic OH excluding ortho intramolecular Hbond substituents is 1. The Hall–Kier alpha value is -4.58. The highest BCUT2D eigenvalue weighted by molar-refractivity contribution is 6.02. The maximum atomic E-state index is 13.9. The number of aromatic hydroxyl groups is 1. The predicted octanol–water partition coefficient (Wildman–Crippen LogP) is 6.47. The van der Waals surface area contributed by atoms with Crippen molar-refractivity contribution >= 4 is 27.5 Å². The largest absolute Gasteiger partial charge is 0.508 e. The average Bonchev–Trinajstić information content (AvgIpc) is 3.41. The Bertz CT molecular complexity index is 1640. The van der Waals surface area contributed by atoms with Crippen molar-refractivity contribution in [1.29, 1.82) is 0 Å². The standard InChI is InChI=1S/C27H19FN4O/c28-18-9-17(11-20(33)13-18)21-5-2-6-24-22(21)14-26(30-24)27-23-12-16(7-8-25(23)31-32-27)15-3-1-4-19(29)10-15/h1-14,30,33H,29H2,(H,31,32). The van der Waals surface area contributed by atoms with Crippen molar-refractivity contribution in [2.45, 2.75) is 0 Å². The Labute approximate surface area is 188 Å². The zero-order chi connectivity index (χ0) is 22.5. The molecule has 0 unspecified atom stereocenters. The van der Waals surface area contributed by atoms with Gasteiger partial charge in [-0.2, -0.15) is 5.10 Å². The number of benzene rings is 4. The topological polar surface area (TPSA) is 90.7 Å². The van der Waals surface area contributed by atoms with E-state index in [0.717, 1.165) is 56.0 Å². The first-order chi connectivity index (χ1) is 16.0. The van der Waals surface area contributed by atoms with Crippen LogP contribution in [0.5, 0.6) is 5.75 Å². The molecule has 5 nitrogen and oxygen atoms in total. The number of phenols is 1. The highest BCUT2D eigenvalue weighted by atomic mass is 19.1. The van der Waals surface area contributed by atoms with E-state index >= 15 is 0 Å². The minimum atomic E-state index is -0.481. The first-order valence-electron chi connectivity index (χ1n) is 10.5. The predicted molar refractivity (Wildman–Crippen MR) is 130 cm³/mol. The van der Waals surface area contributed by atoms with Crippen molar-refractivity contribution in [3.8, 4) is 39.4 Å². The smallest absolute Gasteiger partial charge is 0.127 e. The average molecular weight is 434 g/mol. The molecular formula is C27H19FN4O. The zero-order valence-electron chi connectivity index (χ0n) is 17.4. The number of anilines is 1. The van der Waals surface area contributed by atoms with Crippen molar-refractivity contribution < 1.29 is 9.50 Å². The number of nitrogens with two attached hydrogens (primary N) is 1. The lowest BCUT2D eigenvalue weighted by atomic mass is 10.0. The van der Waals surface area contributed by atoms with Crippen molar-refractivity contribution in [3.63, 3.8) is 0 Å². The minimum absolute atomic E-state index is 0.106. The summed E-state index contributed by atoms with van der Waals surface area (Å²) < 4.78 is 13.9. The van der Waals surface area contributed by atoms with Gasteiger partial charge in [-0.1, -0.05) is 30.3 Å². The molecule has 160 valence electrons. The van der Waals surface area contributed by atoms with Gasteiger partial charge in [0.25, 0.3) is 0 Å². The monoisotopic (exact) mass is 434 g/mol. The van der Waals surface area contributed by atoms with Crippen LogP contribution in [0.4, 0.5) is 10.1 Å². The Morgan fingerprint density at radius 2 is 1.61 bits per heavy atom. The summed E-state index contributed by atoms with van der Waals surface area (Å²) in [6.07, 6.45) is 0. The van der Waals surface area contributed by atoms with Crippen LogP contribution in [0.2, 0.25) is 0 Å². The molecule has 0 fully saturated rings. The third-order valence-corrected chi connectivity index (χ3v) is 5.90. The van der Waals surface area contributed by atoms with Crippen LogP contribution in [0.3, 0.4) is 0 Å². The summed E-state index contributed by atoms with van der Waals surface area (Å²) in [6.45, 7) is 0. The van der Waals surface area contributed by atoms with E-state index in [2.05, 4.69) is 21.2 Å². The van der Waals surface area contributed by atoms with E-state index in [0.29, 0.717) is 11.3 Å². The number of hydrogen-bond donors (Lipinski definition) is 4. The van der Waals surface area contributed by atoms with E-state index in [-0.39, 0.29) is 5.75 Å². The molecule has 0 amide bonds. The number of aromatic amines is 2. The molecule has 0 spiro atoms. The molecule has 4 aromatic carbocycles. The molecule has 0 saturated heterocycles.